The third kappa shape index (κ3) is 3.34. The summed E-state index contributed by atoms with van der Waals surface area (Å²) in [7, 11) is 0. The van der Waals surface area contributed by atoms with E-state index in [1.165, 1.54) is 18.3 Å². The zero-order chi connectivity index (χ0) is 15.6. The van der Waals surface area contributed by atoms with Gasteiger partial charge in [-0.2, -0.15) is 0 Å². The molecule has 0 aliphatic heterocycles. The van der Waals surface area contributed by atoms with Crippen LogP contribution in [0.15, 0.2) is 30.5 Å². The molecule has 1 N–H and O–H groups in total. The molecule has 1 heterocycles. The normalized spacial score (nSPS) is 12.0. The van der Waals surface area contributed by atoms with Crippen molar-refractivity contribution in [2.45, 2.75) is 26.8 Å². The molecule has 0 aliphatic carbocycles. The van der Waals surface area contributed by atoms with E-state index in [2.05, 4.69) is 10.3 Å². The van der Waals surface area contributed by atoms with E-state index in [0.717, 1.165) is 5.56 Å². The summed E-state index contributed by atoms with van der Waals surface area (Å²) in [5.41, 5.74) is 2.00. The van der Waals surface area contributed by atoms with Gasteiger partial charge in [-0.05, 0) is 43.5 Å². The van der Waals surface area contributed by atoms with Gasteiger partial charge in [0, 0.05) is 6.07 Å². The van der Waals surface area contributed by atoms with Crippen molar-refractivity contribution in [1.29, 1.82) is 0 Å². The molecule has 0 saturated heterocycles. The number of rotatable bonds is 4. The summed E-state index contributed by atoms with van der Waals surface area (Å²) in [4.78, 5) is 14.3. The molecule has 0 spiro atoms. The maximum atomic E-state index is 13.6. The largest absolute Gasteiger partial charge is 0.363 e. The lowest BCUT2D eigenvalue weighted by molar-refractivity contribution is -0.385. The van der Waals surface area contributed by atoms with Crippen LogP contribution in [-0.4, -0.2) is 9.91 Å². The van der Waals surface area contributed by atoms with Crippen LogP contribution in [0, 0.1) is 29.8 Å². The van der Waals surface area contributed by atoms with Gasteiger partial charge < -0.3 is 5.32 Å². The third-order valence-electron chi connectivity index (χ3n) is 3.32. The number of halogens is 1. The average molecular weight is 289 g/mol. The van der Waals surface area contributed by atoms with Crippen LogP contribution in [0.2, 0.25) is 0 Å². The highest BCUT2D eigenvalue weighted by molar-refractivity contribution is 5.49. The standard InChI is InChI=1S/C15H16FN3O2/c1-9-4-5-12(7-14(9)16)11(3)18-15-10(2)6-13(8-17-15)19(20)21/h4-8,11H,1-3H3,(H,17,18). The Hall–Kier alpha value is -2.50. The van der Waals surface area contributed by atoms with Crippen molar-refractivity contribution in [2.75, 3.05) is 5.32 Å². The Morgan fingerprint density at radius 3 is 2.57 bits per heavy atom. The fourth-order valence-electron chi connectivity index (χ4n) is 1.98. The van der Waals surface area contributed by atoms with Crippen molar-refractivity contribution in [3.05, 3.63) is 63.1 Å². The van der Waals surface area contributed by atoms with E-state index in [0.29, 0.717) is 16.9 Å². The van der Waals surface area contributed by atoms with Crippen molar-refractivity contribution >= 4 is 11.5 Å². The topological polar surface area (TPSA) is 68.1 Å². The molecule has 1 unspecified atom stereocenters. The molecule has 0 saturated carbocycles. The first-order valence-electron chi connectivity index (χ1n) is 6.52. The Balaban J connectivity index is 2.21. The van der Waals surface area contributed by atoms with E-state index in [1.807, 2.05) is 13.0 Å². The number of benzene rings is 1. The molecule has 0 aliphatic rings. The van der Waals surface area contributed by atoms with Crippen LogP contribution in [0.3, 0.4) is 0 Å². The van der Waals surface area contributed by atoms with Crippen LogP contribution >= 0.6 is 0 Å². The molecule has 0 bridgehead atoms. The number of nitro groups is 1. The van der Waals surface area contributed by atoms with Gasteiger partial charge in [0.25, 0.3) is 5.69 Å². The first-order valence-corrected chi connectivity index (χ1v) is 6.52. The van der Waals surface area contributed by atoms with E-state index < -0.39 is 4.92 Å². The van der Waals surface area contributed by atoms with E-state index in [1.54, 1.807) is 19.9 Å². The minimum atomic E-state index is -0.484. The Kier molecular flexibility index (Phi) is 4.16. The lowest BCUT2D eigenvalue weighted by Gasteiger charge is -2.16. The molecule has 2 rings (SSSR count). The predicted molar refractivity (Wildman–Crippen MR) is 78.8 cm³/mol. The van der Waals surface area contributed by atoms with Gasteiger partial charge in [-0.3, -0.25) is 10.1 Å². The number of aromatic nitrogens is 1. The van der Waals surface area contributed by atoms with Gasteiger partial charge in [0.05, 0.1) is 11.0 Å². The Bertz CT molecular complexity index is 689. The monoisotopic (exact) mass is 289 g/mol. The van der Waals surface area contributed by atoms with Crippen LogP contribution < -0.4 is 5.32 Å². The number of hydrogen-bond donors (Lipinski definition) is 1. The fraction of sp³-hybridized carbons (Fsp3) is 0.267. The molecule has 0 radical (unpaired) electrons. The van der Waals surface area contributed by atoms with E-state index in [4.69, 9.17) is 0 Å². The summed E-state index contributed by atoms with van der Waals surface area (Å²) in [6.45, 7) is 5.33. The van der Waals surface area contributed by atoms with Crippen LogP contribution in [0.4, 0.5) is 15.9 Å². The first kappa shape index (κ1) is 14.9. The van der Waals surface area contributed by atoms with Crippen LogP contribution in [0.25, 0.3) is 0 Å². The zero-order valence-electron chi connectivity index (χ0n) is 12.1. The van der Waals surface area contributed by atoms with Gasteiger partial charge in [0.1, 0.15) is 17.8 Å². The van der Waals surface area contributed by atoms with E-state index in [-0.39, 0.29) is 17.5 Å². The summed E-state index contributed by atoms with van der Waals surface area (Å²) < 4.78 is 13.6. The summed E-state index contributed by atoms with van der Waals surface area (Å²) >= 11 is 0. The highest BCUT2D eigenvalue weighted by atomic mass is 19.1. The minimum absolute atomic E-state index is 0.0490. The maximum absolute atomic E-state index is 13.6. The fourth-order valence-corrected chi connectivity index (χ4v) is 1.98. The van der Waals surface area contributed by atoms with E-state index in [9.17, 15) is 14.5 Å². The van der Waals surface area contributed by atoms with Crippen molar-refractivity contribution < 1.29 is 9.31 Å². The molecular formula is C15H16FN3O2. The number of nitrogens with one attached hydrogen (secondary N) is 1. The van der Waals surface area contributed by atoms with Gasteiger partial charge in [-0.1, -0.05) is 12.1 Å². The molecule has 1 aromatic heterocycles. The Morgan fingerprint density at radius 1 is 1.29 bits per heavy atom. The molecule has 110 valence electrons. The zero-order valence-corrected chi connectivity index (χ0v) is 12.1. The molecule has 5 nitrogen and oxygen atoms in total. The second-order valence-electron chi connectivity index (χ2n) is 4.99. The number of nitrogens with zero attached hydrogens (tertiary/aromatic N) is 2. The van der Waals surface area contributed by atoms with Crippen molar-refractivity contribution in [3.63, 3.8) is 0 Å². The van der Waals surface area contributed by atoms with Gasteiger partial charge in [0.15, 0.2) is 0 Å². The molecule has 0 fully saturated rings. The highest BCUT2D eigenvalue weighted by Gasteiger charge is 2.13. The van der Waals surface area contributed by atoms with Crippen LogP contribution in [0.5, 0.6) is 0 Å². The Morgan fingerprint density at radius 2 is 2.00 bits per heavy atom. The summed E-state index contributed by atoms with van der Waals surface area (Å²) in [5, 5.41) is 13.8. The summed E-state index contributed by atoms with van der Waals surface area (Å²) in [6, 6.07) is 6.34. The minimum Gasteiger partial charge on any atom is -0.363 e. The summed E-state index contributed by atoms with van der Waals surface area (Å²) in [5.74, 6) is 0.295. The Labute approximate surface area is 122 Å². The molecular weight excluding hydrogens is 273 g/mol. The summed E-state index contributed by atoms with van der Waals surface area (Å²) in [6.07, 6.45) is 1.21. The van der Waals surface area contributed by atoms with Crippen LogP contribution in [-0.2, 0) is 0 Å². The van der Waals surface area contributed by atoms with Crippen molar-refractivity contribution in [2.24, 2.45) is 0 Å². The number of hydrogen-bond acceptors (Lipinski definition) is 4. The van der Waals surface area contributed by atoms with Crippen LogP contribution in [0.1, 0.15) is 29.7 Å². The molecule has 21 heavy (non-hydrogen) atoms. The average Bonchev–Trinajstić information content (AvgIpc) is 2.43. The van der Waals surface area contributed by atoms with E-state index >= 15 is 0 Å². The SMILES string of the molecule is Cc1ccc(C(C)Nc2ncc([N+](=O)[O-])cc2C)cc1F. The van der Waals surface area contributed by atoms with Gasteiger partial charge in [-0.25, -0.2) is 9.37 Å². The molecule has 0 amide bonds. The molecule has 6 heteroatoms. The lowest BCUT2D eigenvalue weighted by Crippen LogP contribution is -2.10. The lowest BCUT2D eigenvalue weighted by atomic mass is 10.1. The smallest absolute Gasteiger partial charge is 0.287 e. The number of anilines is 1. The molecule has 1 aromatic carbocycles. The quantitative estimate of drug-likeness (QED) is 0.684. The third-order valence-corrected chi connectivity index (χ3v) is 3.32. The number of pyridine rings is 1. The highest BCUT2D eigenvalue weighted by Crippen LogP contribution is 2.24. The predicted octanol–water partition coefficient (Wildman–Crippen LogP) is 3.92. The second kappa shape index (κ2) is 5.87. The molecule has 2 aromatic rings. The molecule has 1 atom stereocenters. The second-order valence-corrected chi connectivity index (χ2v) is 4.99. The maximum Gasteiger partial charge on any atom is 0.287 e. The van der Waals surface area contributed by atoms with Crippen molar-refractivity contribution in [3.8, 4) is 0 Å². The first-order chi connectivity index (χ1) is 9.88. The van der Waals surface area contributed by atoms with Gasteiger partial charge in [0.2, 0.25) is 0 Å². The van der Waals surface area contributed by atoms with Gasteiger partial charge in [-0.15, -0.1) is 0 Å². The van der Waals surface area contributed by atoms with Gasteiger partial charge >= 0.3 is 0 Å². The number of aryl methyl sites for hydroxylation is 2. The van der Waals surface area contributed by atoms with Crippen molar-refractivity contribution in [1.82, 2.24) is 4.98 Å².